The van der Waals surface area contributed by atoms with Gasteiger partial charge in [0.25, 0.3) is 0 Å². The molecule has 15 heavy (non-hydrogen) atoms. The summed E-state index contributed by atoms with van der Waals surface area (Å²) in [5.41, 5.74) is 0. The van der Waals surface area contributed by atoms with Gasteiger partial charge in [0.15, 0.2) is 0 Å². The molecule has 0 bridgehead atoms. The van der Waals surface area contributed by atoms with Gasteiger partial charge in [0.2, 0.25) is 0 Å². The van der Waals surface area contributed by atoms with Crippen molar-refractivity contribution >= 4 is 17.2 Å². The topological polar surface area (TPSA) is 75.7 Å². The molecule has 0 N–H and O–H groups in total. The summed E-state index contributed by atoms with van der Waals surface area (Å²) in [4.78, 5) is 11.0. The lowest BCUT2D eigenvalue weighted by Crippen LogP contribution is -2.09. The zero-order valence-corrected chi connectivity index (χ0v) is 8.78. The second-order valence-corrected chi connectivity index (χ2v) is 3.43. The van der Waals surface area contributed by atoms with Gasteiger partial charge < -0.3 is 14.0 Å². The van der Waals surface area contributed by atoms with Crippen LogP contribution in [0.5, 0.6) is 5.75 Å². The van der Waals surface area contributed by atoms with E-state index in [9.17, 15) is 13.6 Å². The van der Waals surface area contributed by atoms with Gasteiger partial charge in [0, 0.05) is 4.90 Å². The van der Waals surface area contributed by atoms with Crippen LogP contribution in [0.25, 0.3) is 0 Å². The van der Waals surface area contributed by atoms with E-state index in [1.807, 2.05) is 0 Å². The third-order valence-electron chi connectivity index (χ3n) is 1.48. The van der Waals surface area contributed by atoms with Crippen molar-refractivity contribution in [2.75, 3.05) is 6.61 Å². The summed E-state index contributed by atoms with van der Waals surface area (Å²) in [5, 5.41) is 0. The van der Waals surface area contributed by atoms with Crippen molar-refractivity contribution in [3.8, 4) is 5.75 Å². The van der Waals surface area contributed by atoms with Crippen LogP contribution in [0, 0.1) is 0 Å². The van der Waals surface area contributed by atoms with Crippen molar-refractivity contribution in [1.82, 2.24) is 0 Å². The lowest BCUT2D eigenvalue weighted by Gasteiger charge is -2.06. The Balaban J connectivity index is 2.64. The molecule has 0 aliphatic carbocycles. The highest BCUT2D eigenvalue weighted by Gasteiger charge is 2.04. The molecule has 0 radical (unpaired) electrons. The molecule has 6 heteroatoms. The summed E-state index contributed by atoms with van der Waals surface area (Å²) in [5.74, 6) is 0.239. The van der Waals surface area contributed by atoms with E-state index < -0.39 is 17.2 Å². The highest BCUT2D eigenvalue weighted by Crippen LogP contribution is 2.14. The third-order valence-corrected chi connectivity index (χ3v) is 2.14. The first-order valence-corrected chi connectivity index (χ1v) is 5.25. The maximum Gasteiger partial charge on any atom is 0.513 e. The molecule has 1 atom stereocenters. The van der Waals surface area contributed by atoms with Crippen LogP contribution >= 0.6 is 0 Å². The van der Waals surface area contributed by atoms with Gasteiger partial charge in [-0.1, -0.05) is 0 Å². The Hall–Kier alpha value is -1.40. The molecule has 0 saturated carbocycles. The van der Waals surface area contributed by atoms with Crippen molar-refractivity contribution in [3.05, 3.63) is 24.3 Å². The molecule has 1 aromatic carbocycles. The summed E-state index contributed by atoms with van der Waals surface area (Å²) >= 11 is -2.28. The quantitative estimate of drug-likeness (QED) is 0.445. The molecule has 0 saturated heterocycles. The summed E-state index contributed by atoms with van der Waals surface area (Å²) in [6, 6.07) is 5.42. The number of hydrogen-bond donors (Lipinski definition) is 0. The standard InChI is InChI=1S/C9H10O5S/c1-2-13-9(10)14-7-3-5-8(6-4-7)15(11)12/h3-6H,2H2,1H3,(H,11,12)/p-1. The van der Waals surface area contributed by atoms with Crippen LogP contribution < -0.4 is 4.74 Å². The molecule has 0 aliphatic heterocycles. The molecule has 1 aromatic rings. The van der Waals surface area contributed by atoms with E-state index in [0.29, 0.717) is 0 Å². The molecule has 0 aliphatic rings. The highest BCUT2D eigenvalue weighted by molar-refractivity contribution is 7.79. The number of carbonyl (C=O) groups is 1. The van der Waals surface area contributed by atoms with Crippen molar-refractivity contribution in [2.24, 2.45) is 0 Å². The summed E-state index contributed by atoms with van der Waals surface area (Å²) in [6.45, 7) is 1.88. The minimum atomic E-state index is -2.28. The fraction of sp³-hybridized carbons (Fsp3) is 0.222. The molecule has 1 unspecified atom stereocenters. The molecular formula is C9H9O5S-. The molecule has 82 valence electrons. The average molecular weight is 229 g/mol. The van der Waals surface area contributed by atoms with E-state index in [1.165, 1.54) is 24.3 Å². The predicted octanol–water partition coefficient (Wildman–Crippen LogP) is 1.46. The Morgan fingerprint density at radius 2 is 2.00 bits per heavy atom. The number of benzene rings is 1. The van der Waals surface area contributed by atoms with E-state index in [2.05, 4.69) is 4.74 Å². The van der Waals surface area contributed by atoms with Gasteiger partial charge in [0.05, 0.1) is 6.61 Å². The van der Waals surface area contributed by atoms with Crippen LogP contribution in [0.15, 0.2) is 29.2 Å². The van der Waals surface area contributed by atoms with Crippen LogP contribution in [-0.2, 0) is 15.8 Å². The number of carbonyl (C=O) groups excluding carboxylic acids is 1. The van der Waals surface area contributed by atoms with E-state index in [0.717, 1.165) is 0 Å². The molecule has 5 nitrogen and oxygen atoms in total. The second-order valence-electron chi connectivity index (χ2n) is 2.49. The SMILES string of the molecule is CCOC(=O)Oc1ccc(S(=O)[O-])cc1. The van der Waals surface area contributed by atoms with Crippen LogP contribution in [0.3, 0.4) is 0 Å². The van der Waals surface area contributed by atoms with E-state index >= 15 is 0 Å². The summed E-state index contributed by atoms with van der Waals surface area (Å²) in [6.07, 6.45) is -0.812. The minimum Gasteiger partial charge on any atom is -0.768 e. The van der Waals surface area contributed by atoms with Gasteiger partial charge in [-0.3, -0.25) is 4.21 Å². The van der Waals surface area contributed by atoms with Gasteiger partial charge in [-0.15, -0.1) is 0 Å². The number of ether oxygens (including phenoxy) is 2. The van der Waals surface area contributed by atoms with Crippen molar-refractivity contribution in [2.45, 2.75) is 11.8 Å². The fourth-order valence-electron chi connectivity index (χ4n) is 0.862. The van der Waals surface area contributed by atoms with Gasteiger partial charge in [-0.05, 0) is 42.3 Å². The molecule has 0 fully saturated rings. The Morgan fingerprint density at radius 1 is 1.40 bits per heavy atom. The maximum absolute atomic E-state index is 10.9. The smallest absolute Gasteiger partial charge is 0.513 e. The highest BCUT2D eigenvalue weighted by atomic mass is 32.2. The largest absolute Gasteiger partial charge is 0.768 e. The Kier molecular flexibility index (Phi) is 4.26. The lowest BCUT2D eigenvalue weighted by molar-refractivity contribution is 0.104. The third kappa shape index (κ3) is 3.69. The van der Waals surface area contributed by atoms with Crippen LogP contribution in [-0.4, -0.2) is 21.5 Å². The van der Waals surface area contributed by atoms with E-state index in [-0.39, 0.29) is 17.3 Å². The van der Waals surface area contributed by atoms with Gasteiger partial charge in [-0.2, -0.15) is 0 Å². The second kappa shape index (κ2) is 5.47. The zero-order valence-electron chi connectivity index (χ0n) is 7.97. The Morgan fingerprint density at radius 3 is 2.47 bits per heavy atom. The molecule has 1 rings (SSSR count). The van der Waals surface area contributed by atoms with Crippen molar-refractivity contribution in [1.29, 1.82) is 0 Å². The van der Waals surface area contributed by atoms with Crippen LogP contribution in [0.2, 0.25) is 0 Å². The van der Waals surface area contributed by atoms with Crippen molar-refractivity contribution < 1.29 is 23.0 Å². The van der Waals surface area contributed by atoms with Gasteiger partial charge in [0.1, 0.15) is 5.75 Å². The van der Waals surface area contributed by atoms with Crippen LogP contribution in [0.1, 0.15) is 6.92 Å². The molecule has 0 amide bonds. The minimum absolute atomic E-state index is 0.131. The lowest BCUT2D eigenvalue weighted by atomic mass is 10.3. The first kappa shape index (κ1) is 11.7. The fourth-order valence-corrected chi connectivity index (χ4v) is 1.22. The normalized spacial score (nSPS) is 11.9. The molecule has 0 aromatic heterocycles. The van der Waals surface area contributed by atoms with E-state index in [4.69, 9.17) is 4.74 Å². The first-order chi connectivity index (χ1) is 7.13. The Bertz CT molecular complexity index is 359. The molecule has 0 spiro atoms. The van der Waals surface area contributed by atoms with Gasteiger partial charge in [-0.25, -0.2) is 4.79 Å². The number of hydrogen-bond acceptors (Lipinski definition) is 5. The average Bonchev–Trinajstić information content (AvgIpc) is 2.18. The van der Waals surface area contributed by atoms with Crippen LogP contribution in [0.4, 0.5) is 4.79 Å². The summed E-state index contributed by atoms with van der Waals surface area (Å²) in [7, 11) is 0. The van der Waals surface area contributed by atoms with Crippen molar-refractivity contribution in [3.63, 3.8) is 0 Å². The predicted molar refractivity (Wildman–Crippen MR) is 51.3 cm³/mol. The van der Waals surface area contributed by atoms with E-state index in [1.54, 1.807) is 6.92 Å². The molecule has 0 heterocycles. The molecular weight excluding hydrogens is 220 g/mol. The monoisotopic (exact) mass is 229 g/mol. The Labute approximate surface area is 89.3 Å². The number of rotatable bonds is 3. The first-order valence-electron chi connectivity index (χ1n) is 4.17. The maximum atomic E-state index is 10.9. The van der Waals surface area contributed by atoms with Gasteiger partial charge >= 0.3 is 6.16 Å². The zero-order chi connectivity index (χ0) is 11.3. The summed E-state index contributed by atoms with van der Waals surface area (Å²) < 4.78 is 30.3.